The van der Waals surface area contributed by atoms with E-state index in [-0.39, 0.29) is 0 Å². The lowest BCUT2D eigenvalue weighted by Crippen LogP contribution is -2.09. The molecule has 6 nitrogen and oxygen atoms in total. The van der Waals surface area contributed by atoms with Crippen molar-refractivity contribution in [3.8, 4) is 11.4 Å². The van der Waals surface area contributed by atoms with Crippen molar-refractivity contribution in [2.45, 2.75) is 26.7 Å². The van der Waals surface area contributed by atoms with Gasteiger partial charge in [0.25, 0.3) is 0 Å². The fourth-order valence-electron chi connectivity index (χ4n) is 1.96. The van der Waals surface area contributed by atoms with E-state index in [1.165, 1.54) is 0 Å². The van der Waals surface area contributed by atoms with Crippen molar-refractivity contribution in [3.63, 3.8) is 0 Å². The summed E-state index contributed by atoms with van der Waals surface area (Å²) in [4.78, 5) is 8.71. The molecular weight excluding hydrogens is 228 g/mol. The van der Waals surface area contributed by atoms with E-state index in [1.807, 2.05) is 7.05 Å². The fourth-order valence-corrected chi connectivity index (χ4v) is 1.96. The first kappa shape index (κ1) is 12.5. The molecule has 0 aliphatic rings. The highest BCUT2D eigenvalue weighted by atomic mass is 15.4. The Labute approximate surface area is 106 Å². The largest absolute Gasteiger partial charge is 0.370 e. The van der Waals surface area contributed by atoms with Crippen molar-refractivity contribution < 1.29 is 0 Å². The van der Waals surface area contributed by atoms with Crippen molar-refractivity contribution in [3.05, 3.63) is 18.1 Å². The third-order valence-corrected chi connectivity index (χ3v) is 2.76. The number of anilines is 1. The normalized spacial score (nSPS) is 10.9. The zero-order valence-corrected chi connectivity index (χ0v) is 11.2. The Balaban J connectivity index is 2.60. The van der Waals surface area contributed by atoms with E-state index in [0.717, 1.165) is 29.3 Å². The van der Waals surface area contributed by atoms with Crippen molar-refractivity contribution >= 4 is 5.82 Å². The lowest BCUT2D eigenvalue weighted by atomic mass is 10.00. The number of nitrogens with zero attached hydrogens (tertiary/aromatic N) is 5. The Morgan fingerprint density at radius 1 is 1.33 bits per heavy atom. The summed E-state index contributed by atoms with van der Waals surface area (Å²) in [7, 11) is 1.86. The van der Waals surface area contributed by atoms with Crippen LogP contribution in [0.1, 0.15) is 32.3 Å². The summed E-state index contributed by atoms with van der Waals surface area (Å²) in [6, 6.07) is 0. The number of hydrogen-bond acceptors (Lipinski definition) is 5. The predicted octanol–water partition coefficient (Wildman–Crippen LogP) is 1.83. The Morgan fingerprint density at radius 2 is 2.11 bits per heavy atom. The number of aromatic nitrogens is 5. The van der Waals surface area contributed by atoms with E-state index < -0.39 is 0 Å². The van der Waals surface area contributed by atoms with E-state index >= 15 is 0 Å². The van der Waals surface area contributed by atoms with E-state index in [2.05, 4.69) is 46.4 Å². The Kier molecular flexibility index (Phi) is 3.55. The van der Waals surface area contributed by atoms with Gasteiger partial charge >= 0.3 is 0 Å². The molecule has 96 valence electrons. The first-order valence-electron chi connectivity index (χ1n) is 6.09. The molecule has 6 heteroatoms. The molecule has 2 aromatic rings. The molecule has 0 saturated heterocycles. The first-order valence-corrected chi connectivity index (χ1v) is 6.09. The number of nitrogens with one attached hydrogen (secondary N) is 1. The predicted molar refractivity (Wildman–Crippen MR) is 70.3 cm³/mol. The monoisotopic (exact) mass is 246 g/mol. The lowest BCUT2D eigenvalue weighted by molar-refractivity contribution is 0.716. The van der Waals surface area contributed by atoms with Gasteiger partial charge in [0, 0.05) is 19.2 Å². The summed E-state index contributed by atoms with van der Waals surface area (Å²) in [6.45, 7) is 7.15. The summed E-state index contributed by atoms with van der Waals surface area (Å²) in [5.41, 5.74) is 2.90. The van der Waals surface area contributed by atoms with Gasteiger partial charge in [0.1, 0.15) is 17.8 Å². The second-order valence-electron chi connectivity index (χ2n) is 4.41. The SMILES string of the molecule is CCNc1ncnc(-c2cnnn2C)c1C(C)C. The van der Waals surface area contributed by atoms with Crippen LogP contribution in [0.3, 0.4) is 0 Å². The highest BCUT2D eigenvalue weighted by Gasteiger charge is 2.18. The summed E-state index contributed by atoms with van der Waals surface area (Å²) < 4.78 is 1.73. The summed E-state index contributed by atoms with van der Waals surface area (Å²) in [5.74, 6) is 1.21. The summed E-state index contributed by atoms with van der Waals surface area (Å²) in [5, 5.41) is 11.1. The number of rotatable bonds is 4. The van der Waals surface area contributed by atoms with Crippen LogP contribution in [0.5, 0.6) is 0 Å². The van der Waals surface area contributed by atoms with Gasteiger partial charge in [-0.3, -0.25) is 0 Å². The first-order chi connectivity index (χ1) is 8.65. The molecule has 0 aromatic carbocycles. The van der Waals surface area contributed by atoms with Crippen LogP contribution in [-0.2, 0) is 7.05 Å². The Bertz CT molecular complexity index is 531. The number of aryl methyl sites for hydroxylation is 1. The van der Waals surface area contributed by atoms with Crippen LogP contribution in [0, 0.1) is 0 Å². The van der Waals surface area contributed by atoms with Crippen LogP contribution in [-0.4, -0.2) is 31.5 Å². The molecule has 0 fully saturated rings. The quantitative estimate of drug-likeness (QED) is 0.891. The van der Waals surface area contributed by atoms with Crippen LogP contribution in [0.15, 0.2) is 12.5 Å². The van der Waals surface area contributed by atoms with Gasteiger partial charge in [0.05, 0.1) is 11.9 Å². The van der Waals surface area contributed by atoms with Crippen LogP contribution in [0.4, 0.5) is 5.82 Å². The molecule has 0 spiro atoms. The molecule has 2 heterocycles. The van der Waals surface area contributed by atoms with Gasteiger partial charge in [-0.05, 0) is 12.8 Å². The molecule has 0 aliphatic heterocycles. The lowest BCUT2D eigenvalue weighted by Gasteiger charge is -2.16. The maximum absolute atomic E-state index is 4.39. The maximum atomic E-state index is 4.39. The van der Waals surface area contributed by atoms with Crippen LogP contribution < -0.4 is 5.32 Å². The highest BCUT2D eigenvalue weighted by Crippen LogP contribution is 2.30. The van der Waals surface area contributed by atoms with Crippen molar-refractivity contribution in [1.82, 2.24) is 25.0 Å². The van der Waals surface area contributed by atoms with Crippen LogP contribution in [0.2, 0.25) is 0 Å². The zero-order chi connectivity index (χ0) is 13.1. The summed E-state index contributed by atoms with van der Waals surface area (Å²) >= 11 is 0. The fraction of sp³-hybridized carbons (Fsp3) is 0.500. The number of hydrogen-bond donors (Lipinski definition) is 1. The molecule has 0 bridgehead atoms. The smallest absolute Gasteiger partial charge is 0.133 e. The third kappa shape index (κ3) is 2.18. The van der Waals surface area contributed by atoms with Crippen molar-refractivity contribution in [2.24, 2.45) is 7.05 Å². The van der Waals surface area contributed by atoms with Gasteiger partial charge in [-0.15, -0.1) is 5.10 Å². The van der Waals surface area contributed by atoms with Gasteiger partial charge in [0.2, 0.25) is 0 Å². The maximum Gasteiger partial charge on any atom is 0.133 e. The molecule has 1 N–H and O–H groups in total. The Morgan fingerprint density at radius 3 is 2.67 bits per heavy atom. The molecule has 0 unspecified atom stereocenters. The van der Waals surface area contributed by atoms with Crippen LogP contribution in [0.25, 0.3) is 11.4 Å². The third-order valence-electron chi connectivity index (χ3n) is 2.76. The molecule has 2 aromatic heterocycles. The van der Waals surface area contributed by atoms with Crippen LogP contribution >= 0.6 is 0 Å². The second-order valence-corrected chi connectivity index (χ2v) is 4.41. The van der Waals surface area contributed by atoms with Gasteiger partial charge in [-0.1, -0.05) is 19.1 Å². The zero-order valence-electron chi connectivity index (χ0n) is 11.2. The molecular formula is C12H18N6. The minimum absolute atomic E-state index is 0.324. The van der Waals surface area contributed by atoms with Gasteiger partial charge in [-0.2, -0.15) is 0 Å². The summed E-state index contributed by atoms with van der Waals surface area (Å²) in [6.07, 6.45) is 3.30. The van der Waals surface area contributed by atoms with Crippen molar-refractivity contribution in [1.29, 1.82) is 0 Å². The van der Waals surface area contributed by atoms with E-state index in [1.54, 1.807) is 17.2 Å². The molecule has 0 atom stereocenters. The molecule has 0 amide bonds. The molecule has 0 saturated carbocycles. The van der Waals surface area contributed by atoms with Gasteiger partial charge in [0.15, 0.2) is 0 Å². The average Bonchev–Trinajstić information content (AvgIpc) is 2.75. The minimum Gasteiger partial charge on any atom is -0.370 e. The van der Waals surface area contributed by atoms with Gasteiger partial charge < -0.3 is 5.32 Å². The molecule has 0 aliphatic carbocycles. The average molecular weight is 246 g/mol. The second kappa shape index (κ2) is 5.12. The topological polar surface area (TPSA) is 68.5 Å². The van der Waals surface area contributed by atoms with E-state index in [9.17, 15) is 0 Å². The standard InChI is InChI=1S/C12H18N6/c1-5-13-12-10(8(2)3)11(14-7-15-12)9-6-16-17-18(9)4/h6-8H,5H2,1-4H3,(H,13,14,15). The van der Waals surface area contributed by atoms with Crippen molar-refractivity contribution in [2.75, 3.05) is 11.9 Å². The highest BCUT2D eigenvalue weighted by molar-refractivity contribution is 5.66. The molecule has 18 heavy (non-hydrogen) atoms. The molecule has 2 rings (SSSR count). The van der Waals surface area contributed by atoms with E-state index in [4.69, 9.17) is 0 Å². The minimum atomic E-state index is 0.324. The van der Waals surface area contributed by atoms with E-state index in [0.29, 0.717) is 5.92 Å². The molecule has 0 radical (unpaired) electrons. The van der Waals surface area contributed by atoms with Gasteiger partial charge in [-0.25, -0.2) is 14.6 Å². The Hall–Kier alpha value is -1.98.